The van der Waals surface area contributed by atoms with Gasteiger partial charge in [0, 0.05) is 24.1 Å². The lowest BCUT2D eigenvalue weighted by molar-refractivity contribution is -0.303. The Balaban J connectivity index is 1.11. The number of hydrogen-bond acceptors (Lipinski definition) is 10. The van der Waals surface area contributed by atoms with E-state index in [1.54, 1.807) is 0 Å². The average molecular weight is 610 g/mol. The number of aliphatic hydroxyl groups is 7. The number of rotatable bonds is 5. The van der Waals surface area contributed by atoms with Crippen LogP contribution in [0, 0.1) is 46.3 Å². The van der Waals surface area contributed by atoms with Gasteiger partial charge in [0.15, 0.2) is 6.29 Å². The van der Waals surface area contributed by atoms with Crippen molar-refractivity contribution in [1.82, 2.24) is 5.32 Å². The summed E-state index contributed by atoms with van der Waals surface area (Å²) in [7, 11) is 0. The van der Waals surface area contributed by atoms with Crippen molar-refractivity contribution >= 4 is 0 Å². The van der Waals surface area contributed by atoms with Crippen LogP contribution in [0.25, 0.3) is 0 Å². The van der Waals surface area contributed by atoms with Crippen molar-refractivity contribution in [3.8, 4) is 0 Å². The molecule has 0 spiro atoms. The lowest BCUT2D eigenvalue weighted by Crippen LogP contribution is -2.59. The van der Waals surface area contributed by atoms with Crippen LogP contribution < -0.4 is 5.32 Å². The Labute approximate surface area is 255 Å². The van der Waals surface area contributed by atoms with E-state index >= 15 is 0 Å². The lowest BCUT2D eigenvalue weighted by Gasteiger charge is -2.61. The molecule has 4 aliphatic carbocycles. The summed E-state index contributed by atoms with van der Waals surface area (Å²) in [6, 6.07) is 0. The second kappa shape index (κ2) is 12.1. The molecule has 16 atom stereocenters. The van der Waals surface area contributed by atoms with Gasteiger partial charge in [0.25, 0.3) is 0 Å². The summed E-state index contributed by atoms with van der Waals surface area (Å²) in [5.74, 6) is 2.20. The Hall–Kier alpha value is -0.820. The summed E-state index contributed by atoms with van der Waals surface area (Å²) in [6.07, 6.45) is 0.872. The first-order valence-corrected chi connectivity index (χ1v) is 16.8. The summed E-state index contributed by atoms with van der Waals surface area (Å²) < 4.78 is 11.2. The molecule has 10 heteroatoms. The van der Waals surface area contributed by atoms with Gasteiger partial charge in [-0.1, -0.05) is 13.8 Å². The van der Waals surface area contributed by atoms with Gasteiger partial charge in [-0.25, -0.2) is 0 Å². The van der Waals surface area contributed by atoms with E-state index in [1.807, 2.05) is 0 Å². The molecule has 6 aliphatic rings. The molecule has 8 N–H and O–H groups in total. The van der Waals surface area contributed by atoms with Crippen LogP contribution in [-0.4, -0.2) is 105 Å². The van der Waals surface area contributed by atoms with Crippen LogP contribution >= 0.6 is 0 Å². The Kier molecular flexibility index (Phi) is 9.03. The Bertz CT molecular complexity index is 1040. The first-order chi connectivity index (χ1) is 20.4. The molecule has 4 saturated carbocycles. The first-order valence-electron chi connectivity index (χ1n) is 16.8. The molecule has 2 saturated heterocycles. The number of ether oxygens (including phenoxy) is 2. The zero-order valence-electron chi connectivity index (χ0n) is 26.0. The minimum atomic E-state index is -1.49. The third kappa shape index (κ3) is 5.40. The molecule has 43 heavy (non-hydrogen) atoms. The monoisotopic (exact) mass is 609 g/mol. The summed E-state index contributed by atoms with van der Waals surface area (Å²) in [5, 5.41) is 76.5. The van der Waals surface area contributed by atoms with Gasteiger partial charge in [0.2, 0.25) is 0 Å². The Morgan fingerprint density at radius 3 is 2.35 bits per heavy atom. The quantitative estimate of drug-likeness (QED) is 0.225. The highest BCUT2D eigenvalue weighted by atomic mass is 16.7. The molecule has 0 bridgehead atoms. The molecule has 0 aromatic heterocycles. The van der Waals surface area contributed by atoms with Crippen LogP contribution in [0.15, 0.2) is 11.3 Å². The smallest absolute Gasteiger partial charge is 0.186 e. The van der Waals surface area contributed by atoms with Crippen molar-refractivity contribution in [2.24, 2.45) is 46.3 Å². The van der Waals surface area contributed by atoms with Gasteiger partial charge in [-0.15, -0.1) is 0 Å². The largest absolute Gasteiger partial charge is 0.394 e. The topological polar surface area (TPSA) is 172 Å². The highest BCUT2D eigenvalue weighted by Gasteiger charge is 2.62. The number of piperidine rings is 1. The van der Waals surface area contributed by atoms with Crippen molar-refractivity contribution < 1.29 is 45.2 Å². The average Bonchev–Trinajstić information content (AvgIpc) is 3.25. The standard InChI is InChI=1S/C33H55NO9/c1-16(27-24(38)10-17(13-34-27)15-42-31-30(41)29(40)28(39)25(14-35)43-31)26-23(37)12-22-20-5-4-18-11-19(36)6-8-32(18,2)21(20)7-9-33(22,26)3/h17-26,28-31,34-41H,4-15H2,1-3H3/b27-16-/t17-,18-,19-,20+,21-,22-,23-,24+,25+,26-,28+,29-,30+,31+,32-,33-/m0/s1. The molecule has 246 valence electrons. The second-order valence-electron chi connectivity index (χ2n) is 15.5. The fourth-order valence-electron chi connectivity index (χ4n) is 11.1. The molecule has 2 aliphatic heterocycles. The van der Waals surface area contributed by atoms with Crippen molar-refractivity contribution in [3.05, 3.63) is 11.3 Å². The normalized spacial score (nSPS) is 54.7. The lowest BCUT2D eigenvalue weighted by atomic mass is 9.44. The highest BCUT2D eigenvalue weighted by Crippen LogP contribution is 2.68. The molecule has 10 nitrogen and oxygen atoms in total. The zero-order chi connectivity index (χ0) is 30.8. The summed E-state index contributed by atoms with van der Waals surface area (Å²) in [4.78, 5) is 0. The van der Waals surface area contributed by atoms with Gasteiger partial charge in [0.1, 0.15) is 24.4 Å². The van der Waals surface area contributed by atoms with E-state index in [0.717, 1.165) is 43.4 Å². The SMILES string of the molecule is C/C(=C1/NC[C@@H](CO[C@@H]2O[C@H](CO)[C@@H](O)[C@H](O)[C@H]2O)C[C@H]1O)[C@H]1[C@@H](O)C[C@H]2[C@@H]3CC[C@H]4C[C@@H](O)CC[C@]4(C)[C@H]3CC[C@@]21C. The van der Waals surface area contributed by atoms with Crippen LogP contribution in [0.5, 0.6) is 0 Å². The van der Waals surface area contributed by atoms with Gasteiger partial charge in [-0.2, -0.15) is 0 Å². The van der Waals surface area contributed by atoms with Gasteiger partial charge in [-0.3, -0.25) is 0 Å². The molecule has 0 aromatic carbocycles. The maximum atomic E-state index is 11.6. The number of fused-ring (bicyclic) bond motifs is 5. The fraction of sp³-hybridized carbons (Fsp3) is 0.939. The number of aliphatic hydroxyl groups excluding tert-OH is 7. The van der Waals surface area contributed by atoms with Crippen molar-refractivity contribution in [3.63, 3.8) is 0 Å². The summed E-state index contributed by atoms with van der Waals surface area (Å²) in [6.45, 7) is 7.12. The van der Waals surface area contributed by atoms with E-state index in [2.05, 4.69) is 26.1 Å². The van der Waals surface area contributed by atoms with Crippen LogP contribution in [0.4, 0.5) is 0 Å². The zero-order valence-corrected chi connectivity index (χ0v) is 26.0. The molecule has 0 amide bonds. The second-order valence-corrected chi connectivity index (χ2v) is 15.5. The van der Waals surface area contributed by atoms with Crippen LogP contribution in [-0.2, 0) is 9.47 Å². The van der Waals surface area contributed by atoms with Gasteiger partial charge in [-0.05, 0) is 105 Å². The maximum Gasteiger partial charge on any atom is 0.186 e. The molecule has 0 aromatic rings. The van der Waals surface area contributed by atoms with E-state index in [9.17, 15) is 35.7 Å². The van der Waals surface area contributed by atoms with Gasteiger partial charge < -0.3 is 50.5 Å². The summed E-state index contributed by atoms with van der Waals surface area (Å²) in [5.41, 5.74) is 2.11. The Morgan fingerprint density at radius 1 is 0.884 bits per heavy atom. The predicted molar refractivity (Wildman–Crippen MR) is 157 cm³/mol. The highest BCUT2D eigenvalue weighted by molar-refractivity contribution is 5.26. The van der Waals surface area contributed by atoms with E-state index < -0.39 is 49.5 Å². The molecular weight excluding hydrogens is 554 g/mol. The maximum absolute atomic E-state index is 11.6. The van der Waals surface area contributed by atoms with E-state index in [4.69, 9.17) is 9.47 Å². The minimum absolute atomic E-state index is 0.0174. The van der Waals surface area contributed by atoms with Crippen molar-refractivity contribution in [2.75, 3.05) is 19.8 Å². The third-order valence-corrected chi connectivity index (χ3v) is 13.4. The van der Waals surface area contributed by atoms with Gasteiger partial charge in [0.05, 0.1) is 31.5 Å². The Morgan fingerprint density at radius 2 is 1.63 bits per heavy atom. The van der Waals surface area contributed by atoms with E-state index in [0.29, 0.717) is 36.6 Å². The van der Waals surface area contributed by atoms with Crippen LogP contribution in [0.1, 0.15) is 78.6 Å². The summed E-state index contributed by atoms with van der Waals surface area (Å²) >= 11 is 0. The minimum Gasteiger partial charge on any atom is -0.394 e. The van der Waals surface area contributed by atoms with Crippen LogP contribution in [0.2, 0.25) is 0 Å². The van der Waals surface area contributed by atoms with Crippen molar-refractivity contribution in [1.29, 1.82) is 0 Å². The predicted octanol–water partition coefficient (Wildman–Crippen LogP) is 1.04. The third-order valence-electron chi connectivity index (χ3n) is 13.4. The molecule has 2 heterocycles. The molecule has 6 rings (SSSR count). The molecule has 0 unspecified atom stereocenters. The van der Waals surface area contributed by atoms with Crippen LogP contribution in [0.3, 0.4) is 0 Å². The number of hydrogen-bond donors (Lipinski definition) is 8. The van der Waals surface area contributed by atoms with E-state index in [1.165, 1.54) is 19.3 Å². The van der Waals surface area contributed by atoms with E-state index in [-0.39, 0.29) is 35.4 Å². The molecular formula is C33H55NO9. The molecule has 0 radical (unpaired) electrons. The fourth-order valence-corrected chi connectivity index (χ4v) is 11.1. The number of nitrogens with one attached hydrogen (secondary N) is 1. The first kappa shape index (κ1) is 32.1. The van der Waals surface area contributed by atoms with Crippen molar-refractivity contribution in [2.45, 2.75) is 128 Å². The van der Waals surface area contributed by atoms with Gasteiger partial charge >= 0.3 is 0 Å². The molecule has 6 fully saturated rings.